The predicted octanol–water partition coefficient (Wildman–Crippen LogP) is -0.00190. The van der Waals surface area contributed by atoms with Gasteiger partial charge in [0.25, 0.3) is 0 Å². The minimum absolute atomic E-state index is 0.205. The van der Waals surface area contributed by atoms with Crippen LogP contribution in [0.4, 0.5) is 0 Å². The molecular formula is C11H20O6. The number of carbonyl (C=O) groups excluding carboxylic acids is 1. The molecule has 1 rings (SSSR count). The Morgan fingerprint density at radius 1 is 1.06 bits per heavy atom. The van der Waals surface area contributed by atoms with Gasteiger partial charge in [-0.1, -0.05) is 0 Å². The van der Waals surface area contributed by atoms with Crippen LogP contribution in [-0.2, 0) is 28.5 Å². The zero-order chi connectivity index (χ0) is 12.3. The van der Waals surface area contributed by atoms with Gasteiger partial charge in [0.05, 0.1) is 46.2 Å². The Hall–Kier alpha value is -0.690. The van der Waals surface area contributed by atoms with E-state index in [4.69, 9.17) is 23.7 Å². The van der Waals surface area contributed by atoms with E-state index in [0.29, 0.717) is 46.2 Å². The van der Waals surface area contributed by atoms with E-state index >= 15 is 0 Å². The van der Waals surface area contributed by atoms with Crippen LogP contribution in [-0.4, -0.2) is 64.9 Å². The standard InChI is InChI=1S/C11H20O6/c1-10(12)17-9-11-8-15-5-4-13-2-3-14-6-7-16-11/h11H,2-9H2,1H3/t11-/m1/s1. The molecule has 0 unspecified atom stereocenters. The highest BCUT2D eigenvalue weighted by Gasteiger charge is 2.12. The van der Waals surface area contributed by atoms with Gasteiger partial charge in [-0.3, -0.25) is 4.79 Å². The van der Waals surface area contributed by atoms with Crippen molar-refractivity contribution in [3.05, 3.63) is 0 Å². The molecule has 1 heterocycles. The Kier molecular flexibility index (Phi) is 7.91. The molecule has 0 aromatic carbocycles. The first kappa shape index (κ1) is 14.4. The Morgan fingerprint density at radius 2 is 1.65 bits per heavy atom. The number of esters is 1. The molecular weight excluding hydrogens is 228 g/mol. The molecule has 0 aliphatic carbocycles. The van der Waals surface area contributed by atoms with Crippen molar-refractivity contribution in [2.24, 2.45) is 0 Å². The number of ether oxygens (including phenoxy) is 5. The van der Waals surface area contributed by atoms with Crippen LogP contribution >= 0.6 is 0 Å². The molecule has 0 spiro atoms. The van der Waals surface area contributed by atoms with Crippen LogP contribution in [0.15, 0.2) is 0 Å². The molecule has 0 saturated carbocycles. The molecule has 6 nitrogen and oxygen atoms in total. The summed E-state index contributed by atoms with van der Waals surface area (Å²) in [5.41, 5.74) is 0. The van der Waals surface area contributed by atoms with Crippen molar-refractivity contribution < 1.29 is 28.5 Å². The third-order valence-electron chi connectivity index (χ3n) is 2.10. The summed E-state index contributed by atoms with van der Waals surface area (Å²) in [5, 5.41) is 0. The highest BCUT2D eigenvalue weighted by Crippen LogP contribution is 1.97. The maximum Gasteiger partial charge on any atom is 0.302 e. The third-order valence-corrected chi connectivity index (χ3v) is 2.10. The highest BCUT2D eigenvalue weighted by atomic mass is 16.6. The summed E-state index contributed by atoms with van der Waals surface area (Å²) < 4.78 is 26.3. The lowest BCUT2D eigenvalue weighted by molar-refractivity contribution is -0.148. The lowest BCUT2D eigenvalue weighted by Gasteiger charge is -2.18. The number of carbonyl (C=O) groups is 1. The van der Waals surface area contributed by atoms with Gasteiger partial charge in [0.1, 0.15) is 12.7 Å². The summed E-state index contributed by atoms with van der Waals surface area (Å²) in [4.78, 5) is 10.7. The Bertz CT molecular complexity index is 196. The van der Waals surface area contributed by atoms with E-state index in [1.54, 1.807) is 0 Å². The van der Waals surface area contributed by atoms with Crippen molar-refractivity contribution in [3.63, 3.8) is 0 Å². The predicted molar refractivity (Wildman–Crippen MR) is 58.8 cm³/mol. The van der Waals surface area contributed by atoms with Crippen LogP contribution < -0.4 is 0 Å². The smallest absolute Gasteiger partial charge is 0.302 e. The van der Waals surface area contributed by atoms with E-state index in [1.165, 1.54) is 6.92 Å². The highest BCUT2D eigenvalue weighted by molar-refractivity contribution is 5.65. The van der Waals surface area contributed by atoms with Gasteiger partial charge in [-0.2, -0.15) is 0 Å². The van der Waals surface area contributed by atoms with Gasteiger partial charge < -0.3 is 23.7 Å². The summed E-state index contributed by atoms with van der Waals surface area (Å²) in [6, 6.07) is 0. The van der Waals surface area contributed by atoms with Gasteiger partial charge in [0.15, 0.2) is 0 Å². The number of rotatable bonds is 2. The third kappa shape index (κ3) is 8.09. The topological polar surface area (TPSA) is 63.2 Å². The maximum absolute atomic E-state index is 10.7. The van der Waals surface area contributed by atoms with Crippen LogP contribution in [0.5, 0.6) is 0 Å². The lowest BCUT2D eigenvalue weighted by atomic mass is 10.4. The summed E-state index contributed by atoms with van der Waals surface area (Å²) in [6.45, 7) is 5.07. The molecule has 1 saturated heterocycles. The normalized spacial score (nSPS) is 24.4. The molecule has 1 atom stereocenters. The van der Waals surface area contributed by atoms with Gasteiger partial charge in [0, 0.05) is 6.92 Å². The van der Waals surface area contributed by atoms with E-state index in [1.807, 2.05) is 0 Å². The van der Waals surface area contributed by atoms with E-state index in [-0.39, 0.29) is 18.7 Å². The second-order valence-corrected chi connectivity index (χ2v) is 3.60. The summed E-state index contributed by atoms with van der Waals surface area (Å²) in [6.07, 6.45) is -0.248. The second-order valence-electron chi connectivity index (χ2n) is 3.60. The average molecular weight is 248 g/mol. The zero-order valence-electron chi connectivity index (χ0n) is 10.2. The fourth-order valence-electron chi connectivity index (χ4n) is 1.28. The summed E-state index contributed by atoms with van der Waals surface area (Å²) >= 11 is 0. The minimum Gasteiger partial charge on any atom is -0.463 e. The first-order valence-electron chi connectivity index (χ1n) is 5.77. The fraction of sp³-hybridized carbons (Fsp3) is 0.909. The molecule has 0 N–H and O–H groups in total. The van der Waals surface area contributed by atoms with Crippen molar-refractivity contribution in [3.8, 4) is 0 Å². The van der Waals surface area contributed by atoms with E-state index in [0.717, 1.165) is 0 Å². The lowest BCUT2D eigenvalue weighted by Crippen LogP contribution is -2.29. The monoisotopic (exact) mass is 248 g/mol. The fourth-order valence-corrected chi connectivity index (χ4v) is 1.28. The van der Waals surface area contributed by atoms with Gasteiger partial charge in [-0.25, -0.2) is 0 Å². The van der Waals surface area contributed by atoms with Crippen LogP contribution in [0.3, 0.4) is 0 Å². The second kappa shape index (κ2) is 9.35. The van der Waals surface area contributed by atoms with Gasteiger partial charge in [-0.05, 0) is 0 Å². The zero-order valence-corrected chi connectivity index (χ0v) is 10.2. The number of hydrogen-bond acceptors (Lipinski definition) is 6. The van der Waals surface area contributed by atoms with E-state index in [2.05, 4.69) is 0 Å². The number of hydrogen-bond donors (Lipinski definition) is 0. The van der Waals surface area contributed by atoms with Gasteiger partial charge in [-0.15, -0.1) is 0 Å². The van der Waals surface area contributed by atoms with Crippen molar-refractivity contribution in [2.75, 3.05) is 52.9 Å². The first-order valence-corrected chi connectivity index (χ1v) is 5.77. The first-order chi connectivity index (χ1) is 8.29. The molecule has 0 aromatic heterocycles. The van der Waals surface area contributed by atoms with E-state index in [9.17, 15) is 4.79 Å². The Balaban J connectivity index is 2.24. The molecule has 17 heavy (non-hydrogen) atoms. The molecule has 6 heteroatoms. The average Bonchev–Trinajstić information content (AvgIpc) is 2.28. The van der Waals surface area contributed by atoms with Gasteiger partial charge in [0.2, 0.25) is 0 Å². The van der Waals surface area contributed by atoms with Crippen LogP contribution in [0.25, 0.3) is 0 Å². The van der Waals surface area contributed by atoms with Crippen molar-refractivity contribution in [1.82, 2.24) is 0 Å². The molecule has 1 fully saturated rings. The van der Waals surface area contributed by atoms with Crippen LogP contribution in [0.2, 0.25) is 0 Å². The molecule has 1 aliphatic heterocycles. The van der Waals surface area contributed by atoms with Crippen LogP contribution in [0.1, 0.15) is 6.92 Å². The molecule has 1 aliphatic rings. The summed E-state index contributed by atoms with van der Waals surface area (Å²) in [5.74, 6) is -0.320. The SMILES string of the molecule is CC(=O)OC[C@H]1COCCOCCOCCO1. The van der Waals surface area contributed by atoms with Crippen LogP contribution in [0, 0.1) is 0 Å². The molecule has 0 amide bonds. The van der Waals surface area contributed by atoms with Crippen molar-refractivity contribution >= 4 is 5.97 Å². The largest absolute Gasteiger partial charge is 0.463 e. The molecule has 100 valence electrons. The molecule has 0 radical (unpaired) electrons. The van der Waals surface area contributed by atoms with E-state index < -0.39 is 0 Å². The molecule has 0 aromatic rings. The van der Waals surface area contributed by atoms with Crippen molar-refractivity contribution in [2.45, 2.75) is 13.0 Å². The molecule has 0 bridgehead atoms. The van der Waals surface area contributed by atoms with Gasteiger partial charge >= 0.3 is 5.97 Å². The quantitative estimate of drug-likeness (QED) is 0.641. The minimum atomic E-state index is -0.320. The Morgan fingerprint density at radius 3 is 2.29 bits per heavy atom. The van der Waals surface area contributed by atoms with Crippen molar-refractivity contribution in [1.29, 1.82) is 0 Å². The maximum atomic E-state index is 10.7. The summed E-state index contributed by atoms with van der Waals surface area (Å²) in [7, 11) is 0. The Labute approximate surface area is 101 Å².